The second-order valence-corrected chi connectivity index (χ2v) is 27.3. The SMILES string of the molecule is C=Cc1cc(Br)cc(C=NN=C(N)N[NH+]=C)c1.C=Cc1cc(C(C)(C)C)cc(C=NN=C(N)N[NH+]=C)c1O.C=Cc1cc(C)cc(C=NN=C(N)N[NH+]=C)c1O.C=Cc1cc(C=C)cc(C=NN=C(N)N[NH+]=C)c1.C=Cc1ccc(C=NN=C(N)N[NH+]=C)cc1.C=Cc1cccc(C=NN=C(N)N[NH+]=C)c1.CC(C)(C)c1cc(C=O)c(O)c(C=[NH+]N=C(N)N)c1. The maximum absolute atomic E-state index is 11.0. The minimum absolute atomic E-state index is 0.0598. The first-order valence-electron chi connectivity index (χ1n) is 36.6. The first-order valence-corrected chi connectivity index (χ1v) is 37.4. The topological polar surface area (TPSA) is 617 Å². The molecule has 7 aromatic rings. The molecule has 125 heavy (non-hydrogen) atoms. The number of nitrogens with zero attached hydrogens (tertiary/aromatic N) is 13. The zero-order chi connectivity index (χ0) is 93.9. The van der Waals surface area contributed by atoms with E-state index in [1.54, 1.807) is 85.6 Å². The van der Waals surface area contributed by atoms with Gasteiger partial charge in [-0.25, -0.2) is 0 Å². The van der Waals surface area contributed by atoms with Crippen LogP contribution in [0.25, 0.3) is 42.5 Å². The number of phenols is 3. The van der Waals surface area contributed by atoms with Crippen molar-refractivity contribution in [2.45, 2.75) is 59.3 Å². The lowest BCUT2D eigenvalue weighted by Crippen LogP contribution is -2.80. The summed E-state index contributed by atoms with van der Waals surface area (Å²) in [5.41, 5.74) is 72.4. The number of aromatic hydroxyl groups is 3. The molecule has 0 saturated heterocycles. The number of hydrazone groups is 7. The minimum atomic E-state index is -0.149. The molecule has 0 unspecified atom stereocenters. The third-order valence-electron chi connectivity index (χ3n) is 14.8. The van der Waals surface area contributed by atoms with Crippen LogP contribution < -0.4 is 114 Å². The van der Waals surface area contributed by atoms with Crippen LogP contribution in [0.2, 0.25) is 0 Å². The Morgan fingerprint density at radius 1 is 0.352 bits per heavy atom. The summed E-state index contributed by atoms with van der Waals surface area (Å²) in [4.78, 5) is 11.0. The average Bonchev–Trinajstić information content (AvgIpc) is 0.811. The summed E-state index contributed by atoms with van der Waals surface area (Å²) in [5.74, 6) is 0.670. The number of nitrogens with one attached hydrogen (secondary N) is 13. The Kier molecular flexibility index (Phi) is 49.7. The lowest BCUT2D eigenvalue weighted by Gasteiger charge is -2.21. The van der Waals surface area contributed by atoms with Gasteiger partial charge in [-0.05, 0) is 163 Å². The van der Waals surface area contributed by atoms with E-state index in [1.807, 2.05) is 131 Å². The van der Waals surface area contributed by atoms with E-state index in [9.17, 15) is 20.1 Å². The van der Waals surface area contributed by atoms with Crippen molar-refractivity contribution < 1.29 is 55.8 Å². The average molecular weight is 1770 g/mol. The summed E-state index contributed by atoms with van der Waals surface area (Å²) in [6, 6.07) is 37.9. The lowest BCUT2D eigenvalue weighted by atomic mass is 9.85. The fourth-order valence-corrected chi connectivity index (χ4v) is 9.43. The Balaban J connectivity index is 0.000000730. The molecule has 652 valence electrons. The van der Waals surface area contributed by atoms with Crippen LogP contribution >= 0.6 is 15.9 Å². The summed E-state index contributed by atoms with van der Waals surface area (Å²) < 4.78 is 0.950. The Morgan fingerprint density at radius 2 is 0.640 bits per heavy atom. The summed E-state index contributed by atoms with van der Waals surface area (Å²) in [6.45, 7) is 60.1. The number of nitrogens with two attached hydrogens (primary N) is 8. The number of guanidine groups is 7. The Labute approximate surface area is 735 Å². The molecule has 0 bridgehead atoms. The number of aldehydes is 1. The summed E-state index contributed by atoms with van der Waals surface area (Å²) in [5, 5.41) is 95.4. The van der Waals surface area contributed by atoms with Crippen LogP contribution in [0.1, 0.15) is 146 Å². The van der Waals surface area contributed by atoms with Gasteiger partial charge < -0.3 is 61.2 Å². The molecule has 39 heteroatoms. The molecule has 0 radical (unpaired) electrons. The summed E-state index contributed by atoms with van der Waals surface area (Å²) >= 11 is 3.40. The number of hydrogen-bond donors (Lipinski definition) is 24. The van der Waals surface area contributed by atoms with Crippen molar-refractivity contribution in [2.24, 2.45) is 112 Å². The van der Waals surface area contributed by atoms with Crippen molar-refractivity contribution in [3.63, 3.8) is 0 Å². The highest BCUT2D eigenvalue weighted by atomic mass is 79.9. The van der Waals surface area contributed by atoms with Gasteiger partial charge in [0.15, 0.2) is 46.6 Å². The molecule has 0 amide bonds. The molecule has 0 saturated carbocycles. The largest absolute Gasteiger partial charge is 0.507 e. The number of aryl methyl sites for hydroxylation is 1. The van der Waals surface area contributed by atoms with Crippen LogP contribution in [-0.2, 0) is 10.8 Å². The minimum Gasteiger partial charge on any atom is -0.507 e. The van der Waals surface area contributed by atoms with E-state index in [-0.39, 0.29) is 75.4 Å². The number of benzene rings is 7. The number of phenolic OH excluding ortho intramolecular Hbond substituents is 3. The molecule has 0 aliphatic heterocycles. The third-order valence-corrected chi connectivity index (χ3v) is 15.3. The van der Waals surface area contributed by atoms with E-state index < -0.39 is 0 Å². The number of rotatable bonds is 28. The summed E-state index contributed by atoms with van der Waals surface area (Å²) in [7, 11) is 0. The Morgan fingerprint density at radius 3 is 1.02 bits per heavy atom. The fraction of sp³-hybridized carbons (Fsp3) is 0.105. The molecule has 0 aromatic heterocycles. The smallest absolute Gasteiger partial charge is 0.269 e. The zero-order valence-corrected chi connectivity index (χ0v) is 72.5. The van der Waals surface area contributed by atoms with E-state index in [1.165, 1.54) is 18.6 Å². The molecule has 32 N–H and O–H groups in total. The highest BCUT2D eigenvalue weighted by Crippen LogP contribution is 2.32. The molecular weight excluding hydrogens is 1650 g/mol. The highest BCUT2D eigenvalue weighted by molar-refractivity contribution is 9.10. The predicted octanol–water partition coefficient (Wildman–Crippen LogP) is -2.80. The molecule has 7 aromatic carbocycles. The van der Waals surface area contributed by atoms with Crippen LogP contribution in [-0.4, -0.2) is 147 Å². The van der Waals surface area contributed by atoms with Crippen LogP contribution in [0.4, 0.5) is 0 Å². The maximum atomic E-state index is 11.0. The van der Waals surface area contributed by atoms with Gasteiger partial charge in [0.05, 0.1) is 48.4 Å². The van der Waals surface area contributed by atoms with Gasteiger partial charge >= 0.3 is 0 Å². The maximum Gasteiger partial charge on any atom is 0.269 e. The first kappa shape index (κ1) is 106. The second kappa shape index (κ2) is 58.7. The fourth-order valence-electron chi connectivity index (χ4n) is 8.90. The van der Waals surface area contributed by atoms with Gasteiger partial charge in [-0.2, -0.15) is 30.6 Å². The van der Waals surface area contributed by atoms with Gasteiger partial charge in [0.25, 0.3) is 41.7 Å². The number of carbonyl (C=O) groups excluding carboxylic acids is 1. The van der Waals surface area contributed by atoms with Crippen LogP contribution in [0.15, 0.2) is 238 Å². The van der Waals surface area contributed by atoms with E-state index in [0.717, 1.165) is 71.2 Å². The van der Waals surface area contributed by atoms with Crippen molar-refractivity contribution in [1.82, 2.24) is 32.6 Å². The van der Waals surface area contributed by atoms with Gasteiger partial charge in [0.1, 0.15) is 17.2 Å². The Hall–Kier alpha value is -17.1. The number of carbonyl (C=O) groups is 1. The highest BCUT2D eigenvalue weighted by Gasteiger charge is 2.20. The van der Waals surface area contributed by atoms with E-state index in [4.69, 9.17) is 45.9 Å². The summed E-state index contributed by atoms with van der Waals surface area (Å²) in [6.07, 6.45) is 23.3. The van der Waals surface area contributed by atoms with Crippen LogP contribution in [0.5, 0.6) is 17.2 Å². The van der Waals surface area contributed by atoms with E-state index in [2.05, 4.69) is 258 Å². The zero-order valence-electron chi connectivity index (χ0n) is 71.0. The molecule has 0 atom stereocenters. The lowest BCUT2D eigenvalue weighted by molar-refractivity contribution is -0.496. The van der Waals surface area contributed by atoms with Crippen LogP contribution in [0, 0.1) is 6.92 Å². The number of hydrazine groups is 6. The quantitative estimate of drug-likeness (QED) is 0.0102. The van der Waals surface area contributed by atoms with Crippen molar-refractivity contribution in [2.75, 3.05) is 0 Å². The van der Waals surface area contributed by atoms with Crippen molar-refractivity contribution in [3.8, 4) is 17.2 Å². The Bertz CT molecular complexity index is 5310. The first-order chi connectivity index (χ1) is 59.5. The number of halogens is 1. The molecule has 0 heterocycles. The van der Waals surface area contributed by atoms with Crippen molar-refractivity contribution in [1.29, 1.82) is 0 Å². The van der Waals surface area contributed by atoms with Crippen molar-refractivity contribution in [3.05, 3.63) is 272 Å². The standard InChI is InChI=1S/C15H21N5O.C13H15N5.C13H18N4O2.C12H15N5O.C11H12BrN5.2C11H13N5/c1-6-10-7-12(15(2,3)4)8-11(13(10)21)9-18-20-14(16)19-17-5;1-4-10-6-11(5-2)8-12(7-10)9-16-18-13(14)17-15-3;1-13(2,3)10-4-8(6-16-17-12(14)15)11(19)9(5-10)7-18;1-4-9-5-8(2)6-10(11(9)18)7-15-17-12(13)16-14-3;1-3-8-4-9(6-10(12)5-8)7-15-17-11(13)16-14-2;1-3-9-4-6-10(7-5-9)8-14-16-11(12)15-13-2;1-3-9-5-4-6-10(7-9)8-14-16-11(12)15-13-2/h6-9,21H,1,5H2,2-4H3,(H3,16,19,20);4-9H,1-3H2,(H3,14,17,18);4-7,19H,1-3H3,(H4,14,15,17);4-7,18H,1,3H2,2H3,(H3,13,16,17);3-7H,1-2H2,(H3,13,16,17);2*3-8H,1-2H2,(H3,12,15,16)/p+7. The molecule has 0 aliphatic carbocycles. The van der Waals surface area contributed by atoms with Gasteiger partial charge in [-0.15, -0.1) is 98.9 Å². The normalized spacial score (nSPS) is 11.6. The van der Waals surface area contributed by atoms with E-state index >= 15 is 0 Å². The molecule has 0 aliphatic rings. The molecule has 0 fully saturated rings. The monoisotopic (exact) mass is 1770 g/mol. The molecular formula is C86H114BrN34O4+7. The number of hydrogen-bond acceptors (Lipinski definition) is 17. The second-order valence-electron chi connectivity index (χ2n) is 26.4. The van der Waals surface area contributed by atoms with Crippen molar-refractivity contribution >= 4 is 190 Å². The van der Waals surface area contributed by atoms with Gasteiger partial charge in [0, 0.05) is 31.8 Å². The molecule has 7 rings (SSSR count). The van der Waals surface area contributed by atoms with Gasteiger partial charge in [-0.1, -0.05) is 189 Å². The third kappa shape index (κ3) is 44.3. The van der Waals surface area contributed by atoms with E-state index in [0.29, 0.717) is 34.1 Å². The van der Waals surface area contributed by atoms with Crippen LogP contribution in [0.3, 0.4) is 0 Å². The van der Waals surface area contributed by atoms with Gasteiger partial charge in [-0.3, -0.25) is 4.79 Å². The molecule has 0 spiro atoms. The van der Waals surface area contributed by atoms with Gasteiger partial charge in [0.2, 0.25) is 6.21 Å². The molecule has 38 nitrogen and oxygen atoms in total. The predicted molar refractivity (Wildman–Crippen MR) is 521 cm³/mol.